The highest BCUT2D eigenvalue weighted by molar-refractivity contribution is 7.92. The monoisotopic (exact) mass is 547 g/mol. The van der Waals surface area contributed by atoms with E-state index in [0.29, 0.717) is 22.5 Å². The van der Waals surface area contributed by atoms with Crippen molar-refractivity contribution in [3.05, 3.63) is 132 Å². The number of rotatable bonds is 6. The van der Waals surface area contributed by atoms with Gasteiger partial charge in [0.2, 0.25) is 0 Å². The first-order valence-corrected chi connectivity index (χ1v) is 13.8. The molecule has 0 aliphatic carbocycles. The molecule has 0 aromatic heterocycles. The molecule has 8 nitrogen and oxygen atoms in total. The lowest BCUT2D eigenvalue weighted by Crippen LogP contribution is -2.29. The van der Waals surface area contributed by atoms with E-state index >= 15 is 0 Å². The zero-order chi connectivity index (χ0) is 27.9. The molecule has 0 radical (unpaired) electrons. The molecule has 0 fully saturated rings. The first-order chi connectivity index (χ1) is 19.3. The van der Waals surface area contributed by atoms with Crippen LogP contribution in [0.1, 0.15) is 31.1 Å². The molecule has 1 aliphatic heterocycles. The molecule has 196 valence electrons. The molecule has 2 N–H and O–H groups in total. The van der Waals surface area contributed by atoms with E-state index in [1.165, 1.54) is 18.2 Å². The summed E-state index contributed by atoms with van der Waals surface area (Å²) in [5, 5.41) is 4.47. The Morgan fingerprint density at radius 2 is 1.27 bits per heavy atom. The van der Waals surface area contributed by atoms with Crippen LogP contribution in [0, 0.1) is 0 Å². The van der Waals surface area contributed by atoms with E-state index in [9.17, 15) is 22.8 Å². The molecule has 0 atom stereocenters. The molecule has 0 saturated carbocycles. The summed E-state index contributed by atoms with van der Waals surface area (Å²) in [4.78, 5) is 39.9. The lowest BCUT2D eigenvalue weighted by Gasteiger charge is -2.15. The summed E-state index contributed by atoms with van der Waals surface area (Å²) >= 11 is 0. The summed E-state index contributed by atoms with van der Waals surface area (Å²) in [5.41, 5.74) is 1.77. The molecule has 5 aromatic carbocycles. The second kappa shape index (κ2) is 9.79. The Hall–Kier alpha value is -5.28. The maximum atomic E-state index is 13.1. The van der Waals surface area contributed by atoms with Gasteiger partial charge in [0.15, 0.2) is 0 Å². The number of sulfonamides is 1. The fraction of sp³-hybridized carbons (Fsp3) is 0. The smallest absolute Gasteiger partial charge is 0.266 e. The third-order valence-electron chi connectivity index (χ3n) is 6.56. The summed E-state index contributed by atoms with van der Waals surface area (Å²) in [6.07, 6.45) is 0. The van der Waals surface area contributed by atoms with E-state index in [1.807, 2.05) is 24.3 Å². The summed E-state index contributed by atoms with van der Waals surface area (Å²) in [5.74, 6) is -1.36. The Labute approximate surface area is 229 Å². The van der Waals surface area contributed by atoms with E-state index in [1.54, 1.807) is 72.8 Å². The van der Waals surface area contributed by atoms with Gasteiger partial charge in [-0.25, -0.2) is 13.3 Å². The van der Waals surface area contributed by atoms with E-state index in [4.69, 9.17) is 0 Å². The number of amides is 3. The Morgan fingerprint density at radius 3 is 2.02 bits per heavy atom. The summed E-state index contributed by atoms with van der Waals surface area (Å²) < 4.78 is 28.6. The number of benzene rings is 5. The number of nitrogens with zero attached hydrogens (tertiary/aromatic N) is 1. The van der Waals surface area contributed by atoms with E-state index < -0.39 is 27.7 Å². The van der Waals surface area contributed by atoms with Gasteiger partial charge in [-0.2, -0.15) is 0 Å². The van der Waals surface area contributed by atoms with Crippen LogP contribution in [0.25, 0.3) is 10.8 Å². The number of hydrogen-bond donors (Lipinski definition) is 2. The fourth-order valence-corrected chi connectivity index (χ4v) is 5.71. The number of hydrogen-bond acceptors (Lipinski definition) is 5. The van der Waals surface area contributed by atoms with Gasteiger partial charge < -0.3 is 5.32 Å². The van der Waals surface area contributed by atoms with Crippen molar-refractivity contribution in [1.82, 2.24) is 0 Å². The van der Waals surface area contributed by atoms with Crippen LogP contribution in [-0.4, -0.2) is 26.1 Å². The SMILES string of the molecule is O=C(Nc1cccc(N2C(=O)c3ccccc3C2=O)c1)c1cccc(NS(=O)(=O)c2ccc3ccccc3c2)c1. The third kappa shape index (κ3) is 4.59. The Bertz CT molecular complexity index is 1920. The second-order valence-electron chi connectivity index (χ2n) is 9.19. The van der Waals surface area contributed by atoms with Gasteiger partial charge in [0.05, 0.1) is 21.7 Å². The molecule has 0 saturated heterocycles. The van der Waals surface area contributed by atoms with Crippen LogP contribution < -0.4 is 14.9 Å². The van der Waals surface area contributed by atoms with Crippen molar-refractivity contribution in [1.29, 1.82) is 0 Å². The zero-order valence-electron chi connectivity index (χ0n) is 20.9. The predicted molar refractivity (Wildman–Crippen MR) is 153 cm³/mol. The van der Waals surface area contributed by atoms with Crippen molar-refractivity contribution in [3.63, 3.8) is 0 Å². The Balaban J connectivity index is 1.20. The highest BCUT2D eigenvalue weighted by Gasteiger charge is 2.36. The van der Waals surface area contributed by atoms with Crippen molar-refractivity contribution in [3.8, 4) is 0 Å². The lowest BCUT2D eigenvalue weighted by molar-refractivity contribution is 0.0925. The highest BCUT2D eigenvalue weighted by Crippen LogP contribution is 2.30. The normalized spacial score (nSPS) is 12.8. The minimum absolute atomic E-state index is 0.103. The molecule has 1 aliphatic rings. The highest BCUT2D eigenvalue weighted by atomic mass is 32.2. The molecule has 0 bridgehead atoms. The van der Waals surface area contributed by atoms with E-state index in [2.05, 4.69) is 10.0 Å². The van der Waals surface area contributed by atoms with Crippen molar-refractivity contribution in [2.75, 3.05) is 14.9 Å². The molecule has 40 heavy (non-hydrogen) atoms. The van der Waals surface area contributed by atoms with Crippen molar-refractivity contribution >= 4 is 55.6 Å². The largest absolute Gasteiger partial charge is 0.322 e. The topological polar surface area (TPSA) is 113 Å². The van der Waals surface area contributed by atoms with Crippen molar-refractivity contribution in [2.24, 2.45) is 0 Å². The molecule has 9 heteroatoms. The summed E-state index contributed by atoms with van der Waals surface area (Å²) in [6.45, 7) is 0. The Kier molecular flexibility index (Phi) is 6.13. The van der Waals surface area contributed by atoms with Gasteiger partial charge in [-0.15, -0.1) is 0 Å². The van der Waals surface area contributed by atoms with Crippen LogP contribution in [0.2, 0.25) is 0 Å². The molecule has 1 heterocycles. The minimum atomic E-state index is -3.91. The van der Waals surface area contributed by atoms with Gasteiger partial charge in [0.25, 0.3) is 27.7 Å². The van der Waals surface area contributed by atoms with Crippen LogP contribution in [0.5, 0.6) is 0 Å². The van der Waals surface area contributed by atoms with Gasteiger partial charge in [-0.05, 0) is 71.4 Å². The van der Waals surface area contributed by atoms with Crippen LogP contribution >= 0.6 is 0 Å². The number of anilines is 3. The average molecular weight is 548 g/mol. The molecule has 6 rings (SSSR count). The Morgan fingerprint density at radius 1 is 0.625 bits per heavy atom. The van der Waals surface area contributed by atoms with Crippen LogP contribution in [0.15, 0.2) is 120 Å². The quantitative estimate of drug-likeness (QED) is 0.265. The molecular formula is C31H21N3O5S. The second-order valence-corrected chi connectivity index (χ2v) is 10.9. The fourth-order valence-electron chi connectivity index (χ4n) is 4.62. The maximum Gasteiger partial charge on any atom is 0.266 e. The average Bonchev–Trinajstić information content (AvgIpc) is 3.22. The predicted octanol–water partition coefficient (Wildman–Crippen LogP) is 5.69. The van der Waals surface area contributed by atoms with Crippen LogP contribution in [0.4, 0.5) is 17.1 Å². The molecule has 0 spiro atoms. The molecule has 3 amide bonds. The van der Waals surface area contributed by atoms with Gasteiger partial charge in [-0.1, -0.05) is 54.6 Å². The first-order valence-electron chi connectivity index (χ1n) is 12.3. The van der Waals surface area contributed by atoms with Gasteiger partial charge in [0.1, 0.15) is 0 Å². The summed E-state index contributed by atoms with van der Waals surface area (Å²) in [6, 6.07) is 31.4. The maximum absolute atomic E-state index is 13.1. The van der Waals surface area contributed by atoms with Crippen molar-refractivity contribution < 1.29 is 22.8 Å². The number of nitrogens with one attached hydrogen (secondary N) is 2. The molecule has 0 unspecified atom stereocenters. The third-order valence-corrected chi connectivity index (χ3v) is 7.94. The number of carbonyl (C=O) groups excluding carboxylic acids is 3. The van der Waals surface area contributed by atoms with Crippen molar-refractivity contribution in [2.45, 2.75) is 4.90 Å². The van der Waals surface area contributed by atoms with Gasteiger partial charge in [-0.3, -0.25) is 19.1 Å². The standard InChI is InChI=1S/C31H21N3O5S/c35-29(32-23-10-6-12-25(19-23)34-30(36)27-13-3-4-14-28(27)31(34)37)22-9-5-11-24(17-22)33-40(38,39)26-16-15-20-7-1-2-8-21(20)18-26/h1-19,33H,(H,32,35). The zero-order valence-corrected chi connectivity index (χ0v) is 21.7. The molecule has 5 aromatic rings. The number of fused-ring (bicyclic) bond motifs is 2. The number of carbonyl (C=O) groups is 3. The van der Waals surface area contributed by atoms with Gasteiger partial charge >= 0.3 is 0 Å². The summed E-state index contributed by atoms with van der Waals surface area (Å²) in [7, 11) is -3.91. The van der Waals surface area contributed by atoms with Crippen LogP contribution in [0.3, 0.4) is 0 Å². The van der Waals surface area contributed by atoms with Crippen LogP contribution in [-0.2, 0) is 10.0 Å². The molecular weight excluding hydrogens is 526 g/mol. The van der Waals surface area contributed by atoms with E-state index in [0.717, 1.165) is 15.7 Å². The van der Waals surface area contributed by atoms with E-state index in [-0.39, 0.29) is 16.1 Å². The number of imide groups is 1. The lowest BCUT2D eigenvalue weighted by atomic mass is 10.1. The first kappa shape index (κ1) is 25.0. The minimum Gasteiger partial charge on any atom is -0.322 e. The van der Waals surface area contributed by atoms with Gasteiger partial charge in [0, 0.05) is 16.9 Å².